The average molecular weight is 165 g/mol. The Hall–Kier alpha value is -0.860. The summed E-state index contributed by atoms with van der Waals surface area (Å²) in [6, 6.07) is 10.1. The zero-order valence-electron chi connectivity index (χ0n) is 7.03. The van der Waals surface area contributed by atoms with Gasteiger partial charge in [-0.05, 0) is 12.0 Å². The Balaban J connectivity index is 2.16. The SMILES string of the molecule is [O]CCOCCc1ccccc1. The average Bonchev–Trinajstić information content (AvgIpc) is 2.14. The third-order valence-corrected chi connectivity index (χ3v) is 1.61. The summed E-state index contributed by atoms with van der Waals surface area (Å²) in [5.41, 5.74) is 1.25. The van der Waals surface area contributed by atoms with Gasteiger partial charge in [0.25, 0.3) is 0 Å². The van der Waals surface area contributed by atoms with Crippen molar-refractivity contribution in [1.29, 1.82) is 0 Å². The highest BCUT2D eigenvalue weighted by Crippen LogP contribution is 1.98. The van der Waals surface area contributed by atoms with Crippen molar-refractivity contribution < 1.29 is 9.84 Å². The summed E-state index contributed by atoms with van der Waals surface area (Å²) < 4.78 is 5.07. The normalized spacial score (nSPS) is 10.1. The molecule has 0 aliphatic rings. The summed E-state index contributed by atoms with van der Waals surface area (Å²) >= 11 is 0. The van der Waals surface area contributed by atoms with Gasteiger partial charge in [0.05, 0.1) is 13.2 Å². The van der Waals surface area contributed by atoms with E-state index in [0.717, 1.165) is 6.42 Å². The minimum Gasteiger partial charge on any atom is -0.379 e. The van der Waals surface area contributed by atoms with Gasteiger partial charge in [0, 0.05) is 0 Å². The lowest BCUT2D eigenvalue weighted by Crippen LogP contribution is -2.02. The molecule has 0 aliphatic heterocycles. The zero-order valence-corrected chi connectivity index (χ0v) is 7.03. The van der Waals surface area contributed by atoms with Crippen molar-refractivity contribution in [3.8, 4) is 0 Å². The van der Waals surface area contributed by atoms with E-state index in [0.29, 0.717) is 13.2 Å². The van der Waals surface area contributed by atoms with Crippen LogP contribution in [-0.4, -0.2) is 19.8 Å². The summed E-state index contributed by atoms with van der Waals surface area (Å²) in [6.45, 7) is 0.827. The summed E-state index contributed by atoms with van der Waals surface area (Å²) in [5.74, 6) is 0. The van der Waals surface area contributed by atoms with Crippen molar-refractivity contribution in [3.63, 3.8) is 0 Å². The van der Waals surface area contributed by atoms with Crippen LogP contribution in [0, 0.1) is 0 Å². The predicted molar refractivity (Wildman–Crippen MR) is 46.5 cm³/mol. The molecule has 0 fully saturated rings. The van der Waals surface area contributed by atoms with E-state index in [1.54, 1.807) is 0 Å². The van der Waals surface area contributed by atoms with Crippen LogP contribution in [0.5, 0.6) is 0 Å². The molecule has 2 nitrogen and oxygen atoms in total. The molecule has 65 valence electrons. The standard InChI is InChI=1S/C10H13O2/c11-7-9-12-8-6-10-4-2-1-3-5-10/h1-5H,6-9H2. The van der Waals surface area contributed by atoms with E-state index < -0.39 is 0 Å². The van der Waals surface area contributed by atoms with E-state index in [1.165, 1.54) is 5.56 Å². The highest BCUT2D eigenvalue weighted by Gasteiger charge is 1.90. The molecule has 0 heterocycles. The van der Waals surface area contributed by atoms with Crippen LogP contribution in [0.1, 0.15) is 5.56 Å². The molecule has 0 N–H and O–H groups in total. The molecule has 0 spiro atoms. The van der Waals surface area contributed by atoms with Crippen LogP contribution in [0.15, 0.2) is 30.3 Å². The maximum Gasteiger partial charge on any atom is 0.106 e. The molecule has 1 aromatic carbocycles. The fraction of sp³-hybridized carbons (Fsp3) is 0.400. The summed E-state index contributed by atoms with van der Waals surface area (Å²) in [4.78, 5) is 0. The van der Waals surface area contributed by atoms with Gasteiger partial charge in [-0.25, -0.2) is 5.11 Å². The fourth-order valence-electron chi connectivity index (χ4n) is 0.996. The fourth-order valence-corrected chi connectivity index (χ4v) is 0.996. The lowest BCUT2D eigenvalue weighted by Gasteiger charge is -2.00. The third-order valence-electron chi connectivity index (χ3n) is 1.61. The molecule has 0 unspecified atom stereocenters. The van der Waals surface area contributed by atoms with Crippen LogP contribution in [-0.2, 0) is 16.3 Å². The minimum absolute atomic E-state index is 0.144. The Morgan fingerprint density at radius 2 is 1.83 bits per heavy atom. The Kier molecular flexibility index (Phi) is 4.42. The molecule has 0 aliphatic carbocycles. The quantitative estimate of drug-likeness (QED) is 0.610. The first kappa shape index (κ1) is 9.23. The molecule has 1 aromatic rings. The topological polar surface area (TPSA) is 29.1 Å². The van der Waals surface area contributed by atoms with Gasteiger partial charge in [0.2, 0.25) is 0 Å². The monoisotopic (exact) mass is 165 g/mol. The van der Waals surface area contributed by atoms with Crippen LogP contribution in [0.3, 0.4) is 0 Å². The number of rotatable bonds is 5. The first-order valence-electron chi connectivity index (χ1n) is 4.13. The van der Waals surface area contributed by atoms with Gasteiger partial charge < -0.3 is 4.74 Å². The Labute approximate surface area is 72.8 Å². The Morgan fingerprint density at radius 1 is 1.08 bits per heavy atom. The molecule has 0 bridgehead atoms. The molecule has 0 atom stereocenters. The number of hydrogen-bond donors (Lipinski definition) is 0. The largest absolute Gasteiger partial charge is 0.379 e. The van der Waals surface area contributed by atoms with Crippen LogP contribution >= 0.6 is 0 Å². The number of hydrogen-bond acceptors (Lipinski definition) is 1. The summed E-state index contributed by atoms with van der Waals surface area (Å²) in [6.07, 6.45) is 0.890. The maximum atomic E-state index is 10.0. The van der Waals surface area contributed by atoms with Gasteiger partial charge in [-0.15, -0.1) is 0 Å². The van der Waals surface area contributed by atoms with Crippen molar-refractivity contribution in [2.24, 2.45) is 0 Å². The minimum atomic E-state index is -0.144. The molecule has 12 heavy (non-hydrogen) atoms. The Bertz CT molecular complexity index is 196. The third kappa shape index (κ3) is 3.51. The summed E-state index contributed by atoms with van der Waals surface area (Å²) in [5, 5.41) is 10.0. The second-order valence-electron chi connectivity index (χ2n) is 2.55. The van der Waals surface area contributed by atoms with E-state index in [2.05, 4.69) is 12.1 Å². The molecular formula is C10H13O2. The maximum absolute atomic E-state index is 10.0. The second-order valence-corrected chi connectivity index (χ2v) is 2.55. The van der Waals surface area contributed by atoms with Crippen LogP contribution < -0.4 is 0 Å². The van der Waals surface area contributed by atoms with E-state index in [1.807, 2.05) is 18.2 Å². The molecule has 0 saturated carbocycles. The van der Waals surface area contributed by atoms with Gasteiger partial charge in [0.1, 0.15) is 6.61 Å². The lowest BCUT2D eigenvalue weighted by molar-refractivity contribution is 0.0653. The van der Waals surface area contributed by atoms with Gasteiger partial charge in [-0.1, -0.05) is 30.3 Å². The van der Waals surface area contributed by atoms with Crippen molar-refractivity contribution in [1.82, 2.24) is 0 Å². The van der Waals surface area contributed by atoms with Crippen molar-refractivity contribution in [3.05, 3.63) is 35.9 Å². The van der Waals surface area contributed by atoms with Gasteiger partial charge in [-0.3, -0.25) is 0 Å². The molecular weight excluding hydrogens is 152 g/mol. The van der Waals surface area contributed by atoms with E-state index in [4.69, 9.17) is 4.74 Å². The molecule has 0 amide bonds. The van der Waals surface area contributed by atoms with Crippen LogP contribution in [0.25, 0.3) is 0 Å². The number of benzene rings is 1. The Morgan fingerprint density at radius 3 is 2.50 bits per heavy atom. The van der Waals surface area contributed by atoms with E-state index in [-0.39, 0.29) is 6.61 Å². The number of ether oxygens (including phenoxy) is 1. The first-order valence-corrected chi connectivity index (χ1v) is 4.13. The van der Waals surface area contributed by atoms with E-state index >= 15 is 0 Å². The summed E-state index contributed by atoms with van der Waals surface area (Å²) in [7, 11) is 0. The van der Waals surface area contributed by atoms with Crippen molar-refractivity contribution >= 4 is 0 Å². The van der Waals surface area contributed by atoms with Gasteiger partial charge in [0.15, 0.2) is 0 Å². The molecule has 2 heteroatoms. The highest BCUT2D eigenvalue weighted by atomic mass is 16.5. The van der Waals surface area contributed by atoms with E-state index in [9.17, 15) is 5.11 Å². The highest BCUT2D eigenvalue weighted by molar-refractivity contribution is 5.14. The lowest BCUT2D eigenvalue weighted by atomic mass is 10.2. The van der Waals surface area contributed by atoms with Crippen LogP contribution in [0.2, 0.25) is 0 Å². The van der Waals surface area contributed by atoms with Crippen molar-refractivity contribution in [2.45, 2.75) is 6.42 Å². The van der Waals surface area contributed by atoms with Crippen LogP contribution in [0.4, 0.5) is 0 Å². The molecule has 0 aromatic heterocycles. The zero-order chi connectivity index (χ0) is 8.65. The second kappa shape index (κ2) is 5.75. The predicted octanol–water partition coefficient (Wildman–Crippen LogP) is 1.68. The molecule has 0 saturated heterocycles. The van der Waals surface area contributed by atoms with Crippen molar-refractivity contribution in [2.75, 3.05) is 19.8 Å². The molecule has 1 rings (SSSR count). The first-order chi connectivity index (χ1) is 5.93. The van der Waals surface area contributed by atoms with Gasteiger partial charge in [-0.2, -0.15) is 0 Å². The molecule has 1 radical (unpaired) electrons. The van der Waals surface area contributed by atoms with Gasteiger partial charge >= 0.3 is 0 Å². The smallest absolute Gasteiger partial charge is 0.106 e.